The molecule has 26 heavy (non-hydrogen) atoms. The molecule has 1 atom stereocenters. The van der Waals surface area contributed by atoms with E-state index >= 15 is 0 Å². The zero-order valence-corrected chi connectivity index (χ0v) is 15.1. The topological polar surface area (TPSA) is 64.2 Å². The molecule has 3 aromatic rings. The van der Waals surface area contributed by atoms with Crippen molar-refractivity contribution >= 4 is 17.5 Å². The maximum absolute atomic E-state index is 12.9. The molecule has 0 saturated carbocycles. The molecule has 132 valence electrons. The monoisotopic (exact) mass is 366 g/mol. The molecule has 5 nitrogen and oxygen atoms in total. The van der Waals surface area contributed by atoms with Crippen LogP contribution in [0.4, 0.5) is 0 Å². The molecule has 0 saturated heterocycles. The smallest absolute Gasteiger partial charge is 0.255 e. The summed E-state index contributed by atoms with van der Waals surface area (Å²) in [6.45, 7) is 0.915. The zero-order chi connectivity index (χ0) is 18.3. The number of rotatable bonds is 4. The fraction of sp³-hybridized carbons (Fsp3) is 0.200. The minimum atomic E-state index is -0.139. The van der Waals surface area contributed by atoms with Crippen molar-refractivity contribution in [3.8, 4) is 11.3 Å². The highest BCUT2D eigenvalue weighted by Crippen LogP contribution is 2.35. The number of hydrogen-bond acceptors (Lipinski definition) is 3. The van der Waals surface area contributed by atoms with Crippen LogP contribution < -0.4 is 5.73 Å². The van der Waals surface area contributed by atoms with Gasteiger partial charge in [-0.2, -0.15) is 5.10 Å². The van der Waals surface area contributed by atoms with Crippen LogP contribution in [0, 0.1) is 0 Å². The lowest BCUT2D eigenvalue weighted by atomic mass is 10.0. The van der Waals surface area contributed by atoms with E-state index in [2.05, 4.69) is 5.10 Å². The molecule has 1 aliphatic heterocycles. The Balaban J connectivity index is 1.69. The number of halogens is 1. The van der Waals surface area contributed by atoms with Crippen LogP contribution in [0.15, 0.2) is 54.7 Å². The van der Waals surface area contributed by atoms with Crippen LogP contribution in [0.5, 0.6) is 0 Å². The first-order chi connectivity index (χ1) is 12.6. The van der Waals surface area contributed by atoms with Crippen LogP contribution in [-0.2, 0) is 13.6 Å². The predicted octanol–water partition coefficient (Wildman–Crippen LogP) is 3.40. The molecule has 0 radical (unpaired) electrons. The molecule has 2 N–H and O–H groups in total. The number of hydrogen-bond donors (Lipinski definition) is 1. The summed E-state index contributed by atoms with van der Waals surface area (Å²) in [5, 5.41) is 4.78. The predicted molar refractivity (Wildman–Crippen MR) is 102 cm³/mol. The number of nitrogens with two attached hydrogens (primary N) is 1. The van der Waals surface area contributed by atoms with E-state index in [9.17, 15) is 4.79 Å². The number of aromatic nitrogens is 2. The van der Waals surface area contributed by atoms with E-state index in [1.807, 2.05) is 60.5 Å². The Labute approximate surface area is 157 Å². The highest BCUT2D eigenvalue weighted by Gasteiger charge is 2.33. The SMILES string of the molecule is Cn1ncc(Cl)c1-c1ccc2c(c1)CN(C(CN)c1ccccc1)C2=O. The molecule has 0 fully saturated rings. The summed E-state index contributed by atoms with van der Waals surface area (Å²) in [5.74, 6) is 0.0157. The third kappa shape index (κ3) is 2.69. The first-order valence-electron chi connectivity index (χ1n) is 8.47. The Hall–Kier alpha value is -2.63. The van der Waals surface area contributed by atoms with Crippen molar-refractivity contribution in [3.05, 3.63) is 76.4 Å². The van der Waals surface area contributed by atoms with Crippen molar-refractivity contribution in [1.82, 2.24) is 14.7 Å². The molecule has 1 amide bonds. The van der Waals surface area contributed by atoms with Crippen molar-refractivity contribution in [2.24, 2.45) is 12.8 Å². The third-order valence-electron chi connectivity index (χ3n) is 4.89. The number of carbonyl (C=O) groups excluding carboxylic acids is 1. The fourth-order valence-corrected chi connectivity index (χ4v) is 3.87. The first-order valence-corrected chi connectivity index (χ1v) is 8.84. The summed E-state index contributed by atoms with van der Waals surface area (Å²) in [5.41, 5.74) is 10.6. The molecule has 0 bridgehead atoms. The van der Waals surface area contributed by atoms with Gasteiger partial charge in [0.05, 0.1) is 23.0 Å². The standard InChI is InChI=1S/C20H19ClN4O/c1-24-19(17(21)11-23-24)14-7-8-16-15(9-14)12-25(20(16)26)18(10-22)13-5-3-2-4-6-13/h2-9,11,18H,10,12,22H2,1H3. The summed E-state index contributed by atoms with van der Waals surface area (Å²) in [4.78, 5) is 14.8. The molecular weight excluding hydrogens is 348 g/mol. The Bertz CT molecular complexity index is 948. The largest absolute Gasteiger partial charge is 0.328 e. The number of nitrogens with zero attached hydrogens (tertiary/aromatic N) is 3. The third-order valence-corrected chi connectivity index (χ3v) is 5.17. The van der Waals surface area contributed by atoms with E-state index in [-0.39, 0.29) is 11.9 Å². The van der Waals surface area contributed by atoms with Gasteiger partial charge in [0.1, 0.15) is 0 Å². The van der Waals surface area contributed by atoms with Crippen LogP contribution >= 0.6 is 11.6 Å². The number of amides is 1. The van der Waals surface area contributed by atoms with Gasteiger partial charge in [-0.25, -0.2) is 0 Å². The van der Waals surface area contributed by atoms with E-state index in [4.69, 9.17) is 17.3 Å². The van der Waals surface area contributed by atoms with Gasteiger partial charge in [-0.05, 0) is 23.3 Å². The van der Waals surface area contributed by atoms with Crippen LogP contribution in [0.25, 0.3) is 11.3 Å². The van der Waals surface area contributed by atoms with Crippen LogP contribution in [0.1, 0.15) is 27.5 Å². The van der Waals surface area contributed by atoms with Gasteiger partial charge in [-0.1, -0.05) is 48.0 Å². The number of benzene rings is 2. The molecule has 0 spiro atoms. The quantitative estimate of drug-likeness (QED) is 0.769. The fourth-order valence-electron chi connectivity index (χ4n) is 3.60. The second-order valence-electron chi connectivity index (χ2n) is 6.43. The maximum Gasteiger partial charge on any atom is 0.255 e. The Kier molecular flexibility index (Phi) is 4.26. The Morgan fingerprint density at radius 2 is 2.00 bits per heavy atom. The average Bonchev–Trinajstić information content (AvgIpc) is 3.16. The molecule has 1 aromatic heterocycles. The lowest BCUT2D eigenvalue weighted by Crippen LogP contribution is -2.34. The molecule has 1 aliphatic rings. The van der Waals surface area contributed by atoms with Crippen molar-refractivity contribution in [2.45, 2.75) is 12.6 Å². The normalized spacial score (nSPS) is 14.6. The van der Waals surface area contributed by atoms with Crippen LogP contribution in [-0.4, -0.2) is 27.1 Å². The van der Waals surface area contributed by atoms with E-state index < -0.39 is 0 Å². The minimum Gasteiger partial charge on any atom is -0.328 e. The average molecular weight is 367 g/mol. The van der Waals surface area contributed by atoms with Gasteiger partial charge in [0.25, 0.3) is 5.91 Å². The van der Waals surface area contributed by atoms with Gasteiger partial charge >= 0.3 is 0 Å². The van der Waals surface area contributed by atoms with Crippen LogP contribution in [0.3, 0.4) is 0 Å². The summed E-state index contributed by atoms with van der Waals surface area (Å²) < 4.78 is 1.74. The van der Waals surface area contributed by atoms with Crippen molar-refractivity contribution < 1.29 is 4.79 Å². The summed E-state index contributed by atoms with van der Waals surface area (Å²) in [7, 11) is 1.85. The summed E-state index contributed by atoms with van der Waals surface area (Å²) >= 11 is 6.26. The Morgan fingerprint density at radius 1 is 1.23 bits per heavy atom. The van der Waals surface area contributed by atoms with Crippen molar-refractivity contribution in [2.75, 3.05) is 6.54 Å². The zero-order valence-electron chi connectivity index (χ0n) is 14.4. The molecule has 2 heterocycles. The second-order valence-corrected chi connectivity index (χ2v) is 6.84. The first kappa shape index (κ1) is 16.8. The highest BCUT2D eigenvalue weighted by molar-refractivity contribution is 6.33. The van der Waals surface area contributed by atoms with Crippen molar-refractivity contribution in [1.29, 1.82) is 0 Å². The minimum absolute atomic E-state index is 0.0157. The molecule has 1 unspecified atom stereocenters. The summed E-state index contributed by atoms with van der Waals surface area (Å²) in [6, 6.07) is 15.6. The number of carbonyl (C=O) groups is 1. The van der Waals surface area contributed by atoms with Gasteiger partial charge in [-0.3, -0.25) is 9.48 Å². The van der Waals surface area contributed by atoms with Crippen LogP contribution in [0.2, 0.25) is 5.02 Å². The summed E-state index contributed by atoms with van der Waals surface area (Å²) in [6.07, 6.45) is 1.63. The van der Waals surface area contributed by atoms with E-state index in [0.29, 0.717) is 18.1 Å². The molecule has 0 aliphatic carbocycles. The van der Waals surface area contributed by atoms with Gasteiger partial charge in [-0.15, -0.1) is 0 Å². The molecule has 6 heteroatoms. The maximum atomic E-state index is 12.9. The van der Waals surface area contributed by atoms with Crippen molar-refractivity contribution in [3.63, 3.8) is 0 Å². The van der Waals surface area contributed by atoms with E-state index in [1.54, 1.807) is 10.9 Å². The van der Waals surface area contributed by atoms with Gasteiger partial charge in [0, 0.05) is 31.3 Å². The molecular formula is C20H19ClN4O. The lowest BCUT2D eigenvalue weighted by molar-refractivity contribution is 0.0707. The van der Waals surface area contributed by atoms with Gasteiger partial charge in [0.2, 0.25) is 0 Å². The number of aryl methyl sites for hydroxylation is 1. The van der Waals surface area contributed by atoms with E-state index in [1.165, 1.54) is 0 Å². The second kappa shape index (κ2) is 6.59. The van der Waals surface area contributed by atoms with Gasteiger partial charge in [0.15, 0.2) is 0 Å². The Morgan fingerprint density at radius 3 is 2.65 bits per heavy atom. The molecule has 2 aromatic carbocycles. The van der Waals surface area contributed by atoms with Gasteiger partial charge < -0.3 is 10.6 Å². The number of fused-ring (bicyclic) bond motifs is 1. The van der Waals surface area contributed by atoms with E-state index in [0.717, 1.165) is 27.9 Å². The highest BCUT2D eigenvalue weighted by atomic mass is 35.5. The molecule has 4 rings (SSSR count). The lowest BCUT2D eigenvalue weighted by Gasteiger charge is -2.27.